The lowest BCUT2D eigenvalue weighted by atomic mass is 10.2. The summed E-state index contributed by atoms with van der Waals surface area (Å²) in [5.74, 6) is 0.869. The molecular weight excluding hydrogens is 276 g/mol. The SMILES string of the molecule is CC(=O)SCC=Cc1cccc(O)c1Br. The van der Waals surface area contributed by atoms with E-state index < -0.39 is 0 Å². The van der Waals surface area contributed by atoms with Gasteiger partial charge in [0.25, 0.3) is 0 Å². The molecule has 0 atom stereocenters. The van der Waals surface area contributed by atoms with E-state index in [0.29, 0.717) is 10.2 Å². The highest BCUT2D eigenvalue weighted by atomic mass is 79.9. The van der Waals surface area contributed by atoms with Crippen molar-refractivity contribution in [1.29, 1.82) is 0 Å². The highest BCUT2D eigenvalue weighted by molar-refractivity contribution is 9.10. The van der Waals surface area contributed by atoms with Crippen LogP contribution in [0.4, 0.5) is 0 Å². The van der Waals surface area contributed by atoms with E-state index in [-0.39, 0.29) is 10.9 Å². The van der Waals surface area contributed by atoms with Crippen molar-refractivity contribution in [3.05, 3.63) is 34.3 Å². The van der Waals surface area contributed by atoms with Crippen LogP contribution in [0.3, 0.4) is 0 Å². The van der Waals surface area contributed by atoms with E-state index in [9.17, 15) is 9.90 Å². The first-order chi connectivity index (χ1) is 7.11. The van der Waals surface area contributed by atoms with Crippen molar-refractivity contribution in [2.24, 2.45) is 0 Å². The van der Waals surface area contributed by atoms with Gasteiger partial charge in [0.05, 0.1) is 4.47 Å². The zero-order valence-electron chi connectivity index (χ0n) is 8.24. The quantitative estimate of drug-likeness (QED) is 0.925. The fourth-order valence-corrected chi connectivity index (χ4v) is 1.83. The van der Waals surface area contributed by atoms with Gasteiger partial charge in [-0.05, 0) is 27.6 Å². The Labute approximate surface area is 102 Å². The van der Waals surface area contributed by atoms with Gasteiger partial charge in [-0.2, -0.15) is 0 Å². The van der Waals surface area contributed by atoms with Crippen LogP contribution in [0.25, 0.3) is 6.08 Å². The second-order valence-corrected chi connectivity index (χ2v) is 4.88. The first-order valence-electron chi connectivity index (χ1n) is 4.38. The maximum absolute atomic E-state index is 10.7. The summed E-state index contributed by atoms with van der Waals surface area (Å²) in [7, 11) is 0. The molecule has 0 amide bonds. The summed E-state index contributed by atoms with van der Waals surface area (Å²) in [4.78, 5) is 10.7. The van der Waals surface area contributed by atoms with E-state index in [4.69, 9.17) is 0 Å². The van der Waals surface area contributed by atoms with Crippen LogP contribution < -0.4 is 0 Å². The van der Waals surface area contributed by atoms with E-state index in [2.05, 4.69) is 15.9 Å². The fourth-order valence-electron chi connectivity index (χ4n) is 1.01. The molecule has 0 aromatic heterocycles. The Morgan fingerprint density at radius 2 is 2.33 bits per heavy atom. The summed E-state index contributed by atoms with van der Waals surface area (Å²) in [6, 6.07) is 5.28. The van der Waals surface area contributed by atoms with Crippen molar-refractivity contribution in [3.63, 3.8) is 0 Å². The van der Waals surface area contributed by atoms with Crippen LogP contribution in [0.2, 0.25) is 0 Å². The molecule has 0 aliphatic rings. The standard InChI is InChI=1S/C11H11BrO2S/c1-8(13)15-7-3-5-9-4-2-6-10(14)11(9)12/h2-6,14H,7H2,1H3. The number of halogens is 1. The third kappa shape index (κ3) is 4.10. The molecule has 0 saturated heterocycles. The Bertz CT molecular complexity index is 388. The molecule has 1 aromatic rings. The number of phenolic OH excluding ortho intramolecular Hbond substituents is 1. The molecule has 1 aromatic carbocycles. The summed E-state index contributed by atoms with van der Waals surface area (Å²) in [6.45, 7) is 1.54. The fraction of sp³-hybridized carbons (Fsp3) is 0.182. The molecule has 0 aliphatic carbocycles. The molecule has 0 radical (unpaired) electrons. The summed E-state index contributed by atoms with van der Waals surface area (Å²) in [5, 5.41) is 9.51. The Kier molecular flexibility index (Phi) is 4.91. The van der Waals surface area contributed by atoms with Gasteiger partial charge < -0.3 is 5.11 Å². The molecular formula is C11H11BrO2S. The van der Waals surface area contributed by atoms with Crippen molar-refractivity contribution in [1.82, 2.24) is 0 Å². The summed E-state index contributed by atoms with van der Waals surface area (Å²) in [6.07, 6.45) is 3.77. The largest absolute Gasteiger partial charge is 0.507 e. The minimum atomic E-state index is 0.106. The number of hydrogen-bond donors (Lipinski definition) is 1. The Balaban J connectivity index is 2.64. The van der Waals surface area contributed by atoms with E-state index >= 15 is 0 Å². The Hall–Kier alpha value is -0.740. The van der Waals surface area contributed by atoms with Gasteiger partial charge in [0.1, 0.15) is 5.75 Å². The average molecular weight is 287 g/mol. The topological polar surface area (TPSA) is 37.3 Å². The van der Waals surface area contributed by atoms with Crippen molar-refractivity contribution in [2.45, 2.75) is 6.92 Å². The number of benzene rings is 1. The van der Waals surface area contributed by atoms with Gasteiger partial charge in [0.15, 0.2) is 5.12 Å². The van der Waals surface area contributed by atoms with E-state index in [0.717, 1.165) is 5.56 Å². The smallest absolute Gasteiger partial charge is 0.186 e. The van der Waals surface area contributed by atoms with Crippen LogP contribution in [0.1, 0.15) is 12.5 Å². The summed E-state index contributed by atoms with van der Waals surface area (Å²) < 4.78 is 0.675. The maximum Gasteiger partial charge on any atom is 0.186 e. The van der Waals surface area contributed by atoms with Gasteiger partial charge in [-0.25, -0.2) is 0 Å². The van der Waals surface area contributed by atoms with Gasteiger partial charge in [-0.1, -0.05) is 36.0 Å². The average Bonchev–Trinajstić information content (AvgIpc) is 2.18. The van der Waals surface area contributed by atoms with Crippen molar-refractivity contribution in [3.8, 4) is 5.75 Å². The highest BCUT2D eigenvalue weighted by Crippen LogP contribution is 2.28. The number of phenols is 1. The molecule has 0 heterocycles. The molecule has 15 heavy (non-hydrogen) atoms. The summed E-state index contributed by atoms with van der Waals surface area (Å²) in [5.41, 5.74) is 0.902. The van der Waals surface area contributed by atoms with E-state index in [1.807, 2.05) is 18.2 Å². The Morgan fingerprint density at radius 1 is 1.60 bits per heavy atom. The summed E-state index contributed by atoms with van der Waals surface area (Å²) >= 11 is 4.54. The molecule has 80 valence electrons. The number of thioether (sulfide) groups is 1. The van der Waals surface area contributed by atoms with Gasteiger partial charge in [0.2, 0.25) is 0 Å². The van der Waals surface area contributed by atoms with Gasteiger partial charge >= 0.3 is 0 Å². The molecule has 2 nitrogen and oxygen atoms in total. The lowest BCUT2D eigenvalue weighted by Gasteiger charge is -2.00. The van der Waals surface area contributed by atoms with Gasteiger partial charge in [-0.3, -0.25) is 4.79 Å². The van der Waals surface area contributed by atoms with Gasteiger partial charge in [0, 0.05) is 12.7 Å². The first-order valence-corrected chi connectivity index (χ1v) is 6.16. The van der Waals surface area contributed by atoms with Gasteiger partial charge in [-0.15, -0.1) is 0 Å². The second-order valence-electron chi connectivity index (χ2n) is 2.89. The monoisotopic (exact) mass is 286 g/mol. The molecule has 1 N–H and O–H groups in total. The maximum atomic E-state index is 10.7. The lowest BCUT2D eigenvalue weighted by molar-refractivity contribution is -0.109. The number of carbonyl (C=O) groups is 1. The predicted octanol–water partition coefficient (Wildman–Crippen LogP) is 3.45. The molecule has 0 fully saturated rings. The zero-order chi connectivity index (χ0) is 11.3. The Morgan fingerprint density at radius 3 is 3.00 bits per heavy atom. The van der Waals surface area contributed by atoms with Crippen LogP contribution >= 0.6 is 27.7 Å². The van der Waals surface area contributed by atoms with Crippen molar-refractivity contribution < 1.29 is 9.90 Å². The van der Waals surface area contributed by atoms with Crippen molar-refractivity contribution >= 4 is 38.9 Å². The van der Waals surface area contributed by atoms with Crippen LogP contribution in [0.15, 0.2) is 28.7 Å². The predicted molar refractivity (Wildman–Crippen MR) is 68.0 cm³/mol. The van der Waals surface area contributed by atoms with Crippen LogP contribution in [-0.2, 0) is 4.79 Å². The number of carbonyl (C=O) groups excluding carboxylic acids is 1. The van der Waals surface area contributed by atoms with Crippen molar-refractivity contribution in [2.75, 3.05) is 5.75 Å². The lowest BCUT2D eigenvalue weighted by Crippen LogP contribution is -1.82. The second kappa shape index (κ2) is 5.98. The zero-order valence-corrected chi connectivity index (χ0v) is 10.6. The molecule has 0 aliphatic heterocycles. The first kappa shape index (κ1) is 12.3. The number of aromatic hydroxyl groups is 1. The third-order valence-corrected chi connectivity index (χ3v) is 3.32. The molecule has 0 spiro atoms. The molecule has 1 rings (SSSR count). The molecule has 0 unspecified atom stereocenters. The normalized spacial score (nSPS) is 10.8. The van der Waals surface area contributed by atoms with E-state index in [1.165, 1.54) is 11.8 Å². The third-order valence-electron chi connectivity index (χ3n) is 1.69. The van der Waals surface area contributed by atoms with Crippen LogP contribution in [0, 0.1) is 0 Å². The number of hydrogen-bond acceptors (Lipinski definition) is 3. The molecule has 0 bridgehead atoms. The molecule has 4 heteroatoms. The number of rotatable bonds is 3. The van der Waals surface area contributed by atoms with Crippen LogP contribution in [-0.4, -0.2) is 16.0 Å². The van der Waals surface area contributed by atoms with Crippen LogP contribution in [0.5, 0.6) is 5.75 Å². The molecule has 0 saturated carbocycles. The minimum Gasteiger partial charge on any atom is -0.507 e. The minimum absolute atomic E-state index is 0.106. The highest BCUT2D eigenvalue weighted by Gasteiger charge is 2.00. The van der Waals surface area contributed by atoms with E-state index in [1.54, 1.807) is 19.1 Å².